The minimum absolute atomic E-state index is 0.200. The summed E-state index contributed by atoms with van der Waals surface area (Å²) in [6, 6.07) is 14.7. The van der Waals surface area contributed by atoms with E-state index in [4.69, 9.17) is 11.6 Å². The lowest BCUT2D eigenvalue weighted by molar-refractivity contribution is 0.590. The van der Waals surface area contributed by atoms with Crippen LogP contribution >= 0.6 is 11.6 Å². The smallest absolute Gasteiger partial charge is 0.0640 e. The molecule has 0 unspecified atom stereocenters. The van der Waals surface area contributed by atoms with Crippen LogP contribution < -0.4 is 5.32 Å². The molecule has 0 aromatic heterocycles. The molecule has 2 heteroatoms. The highest BCUT2D eigenvalue weighted by Crippen LogP contribution is 2.26. The van der Waals surface area contributed by atoms with Crippen molar-refractivity contribution in [1.29, 1.82) is 0 Å². The molecule has 1 N–H and O–H groups in total. The third-order valence-electron chi connectivity index (χ3n) is 3.51. The third-order valence-corrected chi connectivity index (χ3v) is 3.83. The maximum atomic E-state index is 6.22. The molecule has 2 aromatic carbocycles. The number of hydrogen-bond acceptors (Lipinski definition) is 1. The number of benzene rings is 2. The Kier molecular flexibility index (Phi) is 4.39. The monoisotopic (exact) mass is 287 g/mol. The van der Waals surface area contributed by atoms with Crippen LogP contribution in [-0.2, 0) is 12.0 Å². The average molecular weight is 288 g/mol. The van der Waals surface area contributed by atoms with Crippen molar-refractivity contribution in [2.24, 2.45) is 0 Å². The number of para-hydroxylation sites is 1. The zero-order chi connectivity index (χ0) is 14.8. The Morgan fingerprint density at radius 2 is 1.65 bits per heavy atom. The van der Waals surface area contributed by atoms with Crippen molar-refractivity contribution >= 4 is 17.3 Å². The molecule has 0 aliphatic heterocycles. The van der Waals surface area contributed by atoms with Gasteiger partial charge < -0.3 is 5.32 Å². The van der Waals surface area contributed by atoms with Crippen LogP contribution in [0.3, 0.4) is 0 Å². The molecule has 0 amide bonds. The van der Waals surface area contributed by atoms with Crippen molar-refractivity contribution in [3.63, 3.8) is 0 Å². The quantitative estimate of drug-likeness (QED) is 0.779. The van der Waals surface area contributed by atoms with E-state index in [2.05, 4.69) is 63.3 Å². The number of anilines is 1. The van der Waals surface area contributed by atoms with Crippen LogP contribution in [0.4, 0.5) is 5.69 Å². The number of nitrogens with one attached hydrogen (secondary N) is 1. The molecular weight excluding hydrogens is 266 g/mol. The average Bonchev–Trinajstić information content (AvgIpc) is 2.37. The van der Waals surface area contributed by atoms with Crippen molar-refractivity contribution < 1.29 is 0 Å². The SMILES string of the molecule is Cc1cccc(Cl)c1NCc1ccc(C(C)(C)C)cc1. The van der Waals surface area contributed by atoms with E-state index in [-0.39, 0.29) is 5.41 Å². The van der Waals surface area contributed by atoms with E-state index < -0.39 is 0 Å². The van der Waals surface area contributed by atoms with E-state index in [1.807, 2.05) is 12.1 Å². The van der Waals surface area contributed by atoms with Gasteiger partial charge in [-0.3, -0.25) is 0 Å². The summed E-state index contributed by atoms with van der Waals surface area (Å²) in [4.78, 5) is 0. The number of halogens is 1. The fourth-order valence-electron chi connectivity index (χ4n) is 2.17. The molecule has 1 nitrogen and oxygen atoms in total. The van der Waals surface area contributed by atoms with Crippen molar-refractivity contribution in [3.05, 3.63) is 64.2 Å². The van der Waals surface area contributed by atoms with Crippen LogP contribution in [0.2, 0.25) is 5.02 Å². The first-order valence-corrected chi connectivity index (χ1v) is 7.34. The largest absolute Gasteiger partial charge is 0.380 e. The van der Waals surface area contributed by atoms with Crippen LogP contribution in [0, 0.1) is 6.92 Å². The summed E-state index contributed by atoms with van der Waals surface area (Å²) in [5, 5.41) is 4.20. The predicted octanol–water partition coefficient (Wildman–Crippen LogP) is 5.56. The van der Waals surface area contributed by atoms with E-state index in [0.717, 1.165) is 17.3 Å². The molecule has 0 aliphatic carbocycles. The Labute approximate surface area is 127 Å². The molecule has 0 heterocycles. The Hall–Kier alpha value is -1.47. The zero-order valence-electron chi connectivity index (χ0n) is 12.6. The standard InChI is InChI=1S/C18H22ClN/c1-13-6-5-7-16(19)17(13)20-12-14-8-10-15(11-9-14)18(2,3)4/h5-11,20H,12H2,1-4H3. The molecule has 20 heavy (non-hydrogen) atoms. The van der Waals surface area contributed by atoms with Gasteiger partial charge in [-0.05, 0) is 35.1 Å². The molecule has 0 atom stereocenters. The van der Waals surface area contributed by atoms with Gasteiger partial charge in [0.2, 0.25) is 0 Å². The molecule has 0 spiro atoms. The number of hydrogen-bond donors (Lipinski definition) is 1. The van der Waals surface area contributed by atoms with Gasteiger partial charge in [0.25, 0.3) is 0 Å². The molecule has 2 rings (SSSR count). The van der Waals surface area contributed by atoms with E-state index in [0.29, 0.717) is 0 Å². The van der Waals surface area contributed by atoms with Gasteiger partial charge in [-0.25, -0.2) is 0 Å². The second-order valence-electron chi connectivity index (χ2n) is 6.23. The Morgan fingerprint density at radius 1 is 1.00 bits per heavy atom. The van der Waals surface area contributed by atoms with Gasteiger partial charge in [-0.2, -0.15) is 0 Å². The van der Waals surface area contributed by atoms with E-state index >= 15 is 0 Å². The highest BCUT2D eigenvalue weighted by Gasteiger charge is 2.12. The van der Waals surface area contributed by atoms with Gasteiger partial charge in [-0.1, -0.05) is 68.8 Å². The molecule has 106 valence electrons. The van der Waals surface area contributed by atoms with Crippen molar-refractivity contribution in [2.45, 2.75) is 39.7 Å². The first-order chi connectivity index (χ1) is 9.38. The molecular formula is C18H22ClN. The van der Waals surface area contributed by atoms with Crippen molar-refractivity contribution in [1.82, 2.24) is 0 Å². The van der Waals surface area contributed by atoms with Gasteiger partial charge in [-0.15, -0.1) is 0 Å². The zero-order valence-corrected chi connectivity index (χ0v) is 13.4. The van der Waals surface area contributed by atoms with E-state index in [1.54, 1.807) is 0 Å². The molecule has 2 aromatic rings. The van der Waals surface area contributed by atoms with E-state index in [9.17, 15) is 0 Å². The molecule has 0 bridgehead atoms. The second kappa shape index (κ2) is 5.88. The van der Waals surface area contributed by atoms with Crippen molar-refractivity contribution in [3.8, 4) is 0 Å². The maximum absolute atomic E-state index is 6.22. The topological polar surface area (TPSA) is 12.0 Å². The number of rotatable bonds is 3. The fraction of sp³-hybridized carbons (Fsp3) is 0.333. The minimum atomic E-state index is 0.200. The fourth-order valence-corrected chi connectivity index (χ4v) is 2.46. The van der Waals surface area contributed by atoms with Crippen LogP contribution in [0.15, 0.2) is 42.5 Å². The minimum Gasteiger partial charge on any atom is -0.380 e. The highest BCUT2D eigenvalue weighted by molar-refractivity contribution is 6.33. The first kappa shape index (κ1) is 14.9. The van der Waals surface area contributed by atoms with Gasteiger partial charge >= 0.3 is 0 Å². The maximum Gasteiger partial charge on any atom is 0.0640 e. The number of aryl methyl sites for hydroxylation is 1. The van der Waals surface area contributed by atoms with Gasteiger partial charge in [0.05, 0.1) is 10.7 Å². The summed E-state index contributed by atoms with van der Waals surface area (Å²) in [6.45, 7) is 9.54. The summed E-state index contributed by atoms with van der Waals surface area (Å²) >= 11 is 6.22. The molecule has 0 saturated carbocycles. The predicted molar refractivity (Wildman–Crippen MR) is 88.7 cm³/mol. The lowest BCUT2D eigenvalue weighted by atomic mass is 9.87. The second-order valence-corrected chi connectivity index (χ2v) is 6.64. The lowest BCUT2D eigenvalue weighted by Crippen LogP contribution is -2.11. The summed E-state index contributed by atoms with van der Waals surface area (Å²) < 4.78 is 0. The van der Waals surface area contributed by atoms with Gasteiger partial charge in [0.1, 0.15) is 0 Å². The Balaban J connectivity index is 2.08. The summed E-state index contributed by atoms with van der Waals surface area (Å²) in [5.74, 6) is 0. The van der Waals surface area contributed by atoms with Gasteiger partial charge in [0, 0.05) is 6.54 Å². The third kappa shape index (κ3) is 3.55. The van der Waals surface area contributed by atoms with Crippen LogP contribution in [-0.4, -0.2) is 0 Å². The Bertz CT molecular complexity index is 559. The van der Waals surface area contributed by atoms with Crippen molar-refractivity contribution in [2.75, 3.05) is 5.32 Å². The Morgan fingerprint density at radius 3 is 2.20 bits per heavy atom. The first-order valence-electron chi connectivity index (χ1n) is 6.96. The molecule has 0 radical (unpaired) electrons. The van der Waals surface area contributed by atoms with Gasteiger partial charge in [0.15, 0.2) is 0 Å². The molecule has 0 aliphatic rings. The lowest BCUT2D eigenvalue weighted by Gasteiger charge is -2.19. The van der Waals surface area contributed by atoms with Crippen LogP contribution in [0.1, 0.15) is 37.5 Å². The van der Waals surface area contributed by atoms with Crippen LogP contribution in [0.25, 0.3) is 0 Å². The molecule has 0 saturated heterocycles. The molecule has 0 fully saturated rings. The summed E-state index contributed by atoms with van der Waals surface area (Å²) in [6.07, 6.45) is 0. The summed E-state index contributed by atoms with van der Waals surface area (Å²) in [5.41, 5.74) is 5.01. The summed E-state index contributed by atoms with van der Waals surface area (Å²) in [7, 11) is 0. The van der Waals surface area contributed by atoms with Crippen LogP contribution in [0.5, 0.6) is 0 Å². The highest BCUT2D eigenvalue weighted by atomic mass is 35.5. The van der Waals surface area contributed by atoms with E-state index in [1.165, 1.54) is 16.7 Å². The normalized spacial score (nSPS) is 11.4.